The summed E-state index contributed by atoms with van der Waals surface area (Å²) in [6, 6.07) is 10.5. The Labute approximate surface area is 138 Å². The molecule has 3 rings (SSSR count). The first kappa shape index (κ1) is 15.5. The van der Waals surface area contributed by atoms with Gasteiger partial charge in [-0.15, -0.1) is 0 Å². The van der Waals surface area contributed by atoms with E-state index in [9.17, 15) is 4.79 Å². The highest BCUT2D eigenvalue weighted by Gasteiger charge is 2.12. The summed E-state index contributed by atoms with van der Waals surface area (Å²) in [6.07, 6.45) is 2.02. The van der Waals surface area contributed by atoms with Crippen molar-refractivity contribution in [3.05, 3.63) is 42.7 Å². The Morgan fingerprint density at radius 1 is 1.04 bits per heavy atom. The van der Waals surface area contributed by atoms with E-state index in [1.165, 1.54) is 6.33 Å². The van der Waals surface area contributed by atoms with Gasteiger partial charge in [0.25, 0.3) is 0 Å². The van der Waals surface area contributed by atoms with E-state index in [0.29, 0.717) is 46.1 Å². The summed E-state index contributed by atoms with van der Waals surface area (Å²) in [5, 5.41) is 3.26. The molecule has 0 aliphatic rings. The van der Waals surface area contributed by atoms with Gasteiger partial charge in [0.2, 0.25) is 12.3 Å². The van der Waals surface area contributed by atoms with Crippen molar-refractivity contribution in [3.63, 3.8) is 0 Å². The summed E-state index contributed by atoms with van der Waals surface area (Å²) in [5.74, 6) is 2.05. The lowest BCUT2D eigenvalue weighted by molar-refractivity contribution is -0.105. The Kier molecular flexibility index (Phi) is 4.42. The van der Waals surface area contributed by atoms with Gasteiger partial charge in [-0.05, 0) is 18.2 Å². The predicted molar refractivity (Wildman–Crippen MR) is 88.8 cm³/mol. The largest absolute Gasteiger partial charge is 0.493 e. The quantitative estimate of drug-likeness (QED) is 0.702. The van der Waals surface area contributed by atoms with E-state index in [1.54, 1.807) is 50.6 Å². The van der Waals surface area contributed by atoms with E-state index in [1.807, 2.05) is 0 Å². The predicted octanol–water partition coefficient (Wildman–Crippen LogP) is 3.01. The van der Waals surface area contributed by atoms with Crippen molar-refractivity contribution in [2.24, 2.45) is 0 Å². The van der Waals surface area contributed by atoms with Gasteiger partial charge in [0, 0.05) is 17.8 Å². The van der Waals surface area contributed by atoms with Gasteiger partial charge in [-0.1, -0.05) is 6.07 Å². The van der Waals surface area contributed by atoms with Crippen LogP contribution in [0.2, 0.25) is 0 Å². The Morgan fingerprint density at radius 3 is 2.58 bits per heavy atom. The first-order chi connectivity index (χ1) is 11.7. The SMILES string of the molecule is COc1cc2ncnc(Oc3cccc(NC=O)c3)c2cc1OC. The summed E-state index contributed by atoms with van der Waals surface area (Å²) >= 11 is 0. The molecule has 0 radical (unpaired) electrons. The molecule has 24 heavy (non-hydrogen) atoms. The van der Waals surface area contributed by atoms with E-state index in [-0.39, 0.29) is 0 Å². The van der Waals surface area contributed by atoms with Gasteiger partial charge in [-0.3, -0.25) is 4.79 Å². The molecule has 0 unspecified atom stereocenters. The van der Waals surface area contributed by atoms with Crippen LogP contribution in [-0.4, -0.2) is 30.6 Å². The van der Waals surface area contributed by atoms with Gasteiger partial charge in [-0.2, -0.15) is 0 Å². The van der Waals surface area contributed by atoms with E-state index in [0.717, 1.165) is 0 Å². The third kappa shape index (κ3) is 3.05. The highest BCUT2D eigenvalue weighted by Crippen LogP contribution is 2.35. The monoisotopic (exact) mass is 325 g/mol. The number of fused-ring (bicyclic) bond motifs is 1. The van der Waals surface area contributed by atoms with E-state index >= 15 is 0 Å². The number of nitrogens with one attached hydrogen (secondary N) is 1. The number of nitrogens with zero attached hydrogens (tertiary/aromatic N) is 2. The molecule has 0 saturated carbocycles. The number of hydrogen-bond donors (Lipinski definition) is 1. The molecule has 0 spiro atoms. The van der Waals surface area contributed by atoms with Crippen LogP contribution in [0.1, 0.15) is 0 Å². The molecule has 1 aromatic heterocycles. The number of rotatable bonds is 6. The van der Waals surface area contributed by atoms with Crippen LogP contribution < -0.4 is 19.5 Å². The summed E-state index contributed by atoms with van der Waals surface area (Å²) in [6.45, 7) is 0. The third-order valence-electron chi connectivity index (χ3n) is 3.38. The lowest BCUT2D eigenvalue weighted by Gasteiger charge is -2.11. The van der Waals surface area contributed by atoms with Crippen LogP contribution in [0, 0.1) is 0 Å². The molecule has 2 aromatic carbocycles. The molecule has 0 atom stereocenters. The van der Waals surface area contributed by atoms with Crippen molar-refractivity contribution in [2.45, 2.75) is 0 Å². The Morgan fingerprint density at radius 2 is 1.83 bits per heavy atom. The van der Waals surface area contributed by atoms with Crippen molar-refractivity contribution >= 4 is 23.0 Å². The average Bonchev–Trinajstić information content (AvgIpc) is 2.61. The molecule has 122 valence electrons. The van der Waals surface area contributed by atoms with E-state index < -0.39 is 0 Å². The zero-order chi connectivity index (χ0) is 16.9. The second-order valence-electron chi connectivity index (χ2n) is 4.80. The molecule has 1 heterocycles. The van der Waals surface area contributed by atoms with Gasteiger partial charge in [0.1, 0.15) is 12.1 Å². The molecule has 0 bridgehead atoms. The number of aromatic nitrogens is 2. The Bertz CT molecular complexity index is 883. The maximum atomic E-state index is 10.6. The fraction of sp³-hybridized carbons (Fsp3) is 0.118. The minimum Gasteiger partial charge on any atom is -0.493 e. The number of amides is 1. The highest BCUT2D eigenvalue weighted by molar-refractivity contribution is 5.87. The van der Waals surface area contributed by atoms with Gasteiger partial charge < -0.3 is 19.5 Å². The van der Waals surface area contributed by atoms with Crippen LogP contribution in [0.3, 0.4) is 0 Å². The molecule has 7 nitrogen and oxygen atoms in total. The number of carbonyl (C=O) groups is 1. The molecular formula is C17H15N3O4. The van der Waals surface area contributed by atoms with Crippen LogP contribution in [0.15, 0.2) is 42.7 Å². The minimum absolute atomic E-state index is 0.379. The number of ether oxygens (including phenoxy) is 3. The molecular weight excluding hydrogens is 310 g/mol. The number of hydrogen-bond acceptors (Lipinski definition) is 6. The molecule has 1 N–H and O–H groups in total. The standard InChI is InChI=1S/C17H15N3O4/c1-22-15-7-13-14(8-16(15)23-2)18-9-19-17(13)24-12-5-3-4-11(6-12)20-10-21/h3-10H,1-2H3,(H,20,21). The average molecular weight is 325 g/mol. The summed E-state index contributed by atoms with van der Waals surface area (Å²) in [5.41, 5.74) is 1.29. The van der Waals surface area contributed by atoms with Crippen LogP contribution in [0.25, 0.3) is 10.9 Å². The Hall–Kier alpha value is -3.35. The molecule has 0 aliphatic carbocycles. The topological polar surface area (TPSA) is 82.6 Å². The van der Waals surface area contributed by atoms with E-state index in [4.69, 9.17) is 14.2 Å². The van der Waals surface area contributed by atoms with Crippen molar-refractivity contribution in [3.8, 4) is 23.1 Å². The third-order valence-corrected chi connectivity index (χ3v) is 3.38. The maximum absolute atomic E-state index is 10.6. The number of benzene rings is 2. The molecule has 1 amide bonds. The highest BCUT2D eigenvalue weighted by atomic mass is 16.5. The van der Waals surface area contributed by atoms with Crippen LogP contribution in [0.4, 0.5) is 5.69 Å². The lowest BCUT2D eigenvalue weighted by atomic mass is 10.2. The number of anilines is 1. The van der Waals surface area contributed by atoms with Gasteiger partial charge >= 0.3 is 0 Å². The van der Waals surface area contributed by atoms with Crippen LogP contribution >= 0.6 is 0 Å². The van der Waals surface area contributed by atoms with Crippen LogP contribution in [0.5, 0.6) is 23.1 Å². The van der Waals surface area contributed by atoms with Gasteiger partial charge in [0.15, 0.2) is 11.5 Å². The fourth-order valence-corrected chi connectivity index (χ4v) is 2.27. The first-order valence-electron chi connectivity index (χ1n) is 7.10. The number of carbonyl (C=O) groups excluding carboxylic acids is 1. The molecule has 0 aliphatic heterocycles. The Balaban J connectivity index is 2.03. The minimum atomic E-state index is 0.379. The zero-order valence-corrected chi connectivity index (χ0v) is 13.1. The van der Waals surface area contributed by atoms with Crippen molar-refractivity contribution < 1.29 is 19.0 Å². The first-order valence-corrected chi connectivity index (χ1v) is 7.10. The molecule has 0 fully saturated rings. The summed E-state index contributed by atoms with van der Waals surface area (Å²) in [4.78, 5) is 19.0. The number of methoxy groups -OCH3 is 2. The van der Waals surface area contributed by atoms with Crippen molar-refractivity contribution in [1.82, 2.24) is 9.97 Å². The zero-order valence-electron chi connectivity index (χ0n) is 13.1. The van der Waals surface area contributed by atoms with Gasteiger partial charge in [-0.25, -0.2) is 9.97 Å². The fourth-order valence-electron chi connectivity index (χ4n) is 2.27. The lowest BCUT2D eigenvalue weighted by Crippen LogP contribution is -1.96. The van der Waals surface area contributed by atoms with Crippen molar-refractivity contribution in [1.29, 1.82) is 0 Å². The normalized spacial score (nSPS) is 10.2. The second-order valence-corrected chi connectivity index (χ2v) is 4.80. The molecule has 3 aromatic rings. The van der Waals surface area contributed by atoms with Gasteiger partial charge in [0.05, 0.1) is 25.1 Å². The summed E-state index contributed by atoms with van der Waals surface area (Å²) < 4.78 is 16.4. The second kappa shape index (κ2) is 6.82. The molecule has 7 heteroatoms. The maximum Gasteiger partial charge on any atom is 0.230 e. The van der Waals surface area contributed by atoms with E-state index in [2.05, 4.69) is 15.3 Å². The molecule has 0 saturated heterocycles. The smallest absolute Gasteiger partial charge is 0.230 e. The van der Waals surface area contributed by atoms with Crippen LogP contribution in [-0.2, 0) is 4.79 Å². The van der Waals surface area contributed by atoms with Crippen molar-refractivity contribution in [2.75, 3.05) is 19.5 Å². The summed E-state index contributed by atoms with van der Waals surface area (Å²) in [7, 11) is 3.12.